The number of aromatic amines is 2. The van der Waals surface area contributed by atoms with Crippen LogP contribution in [0.1, 0.15) is 60.6 Å². The molecule has 0 aliphatic carbocycles. The number of hydrogen-bond acceptors (Lipinski definition) is 7. The number of aryl methyl sites for hydroxylation is 1. The van der Waals surface area contributed by atoms with Gasteiger partial charge in [-0.1, -0.05) is 12.1 Å². The molecule has 2 aromatic carbocycles. The first-order valence-corrected chi connectivity index (χ1v) is 11.8. The van der Waals surface area contributed by atoms with Gasteiger partial charge in [0.05, 0.1) is 27.8 Å². The number of nitrogens with one attached hydrogen (secondary N) is 2. The van der Waals surface area contributed by atoms with Gasteiger partial charge in [0.1, 0.15) is 11.4 Å². The predicted molar refractivity (Wildman–Crippen MR) is 133 cm³/mol. The lowest BCUT2D eigenvalue weighted by molar-refractivity contribution is -0.140. The molecule has 3 aromatic rings. The van der Waals surface area contributed by atoms with Crippen LogP contribution in [0.15, 0.2) is 35.1 Å². The first kappa shape index (κ1) is 25.2. The van der Waals surface area contributed by atoms with E-state index in [4.69, 9.17) is 18.9 Å². The quantitative estimate of drug-likeness (QED) is 0.405. The molecule has 4 rings (SSSR count). The molecule has 2 heterocycles. The second-order valence-corrected chi connectivity index (χ2v) is 9.56. The van der Waals surface area contributed by atoms with Gasteiger partial charge in [0, 0.05) is 23.6 Å². The molecule has 3 N–H and O–H groups in total. The van der Waals surface area contributed by atoms with E-state index in [1.54, 1.807) is 12.1 Å². The second-order valence-electron chi connectivity index (χ2n) is 9.56. The Labute approximate surface area is 209 Å². The van der Waals surface area contributed by atoms with Crippen LogP contribution >= 0.6 is 0 Å². The van der Waals surface area contributed by atoms with Crippen LogP contribution in [0.5, 0.6) is 23.0 Å². The molecular formula is C27H32N2O7. The van der Waals surface area contributed by atoms with Gasteiger partial charge in [-0.05, 0) is 61.6 Å². The topological polar surface area (TPSA) is 123 Å². The number of ether oxygens (including phenoxy) is 4. The molecule has 36 heavy (non-hydrogen) atoms. The predicted octanol–water partition coefficient (Wildman–Crippen LogP) is 3.82. The minimum absolute atomic E-state index is 0.0887. The van der Waals surface area contributed by atoms with Crippen molar-refractivity contribution in [1.82, 2.24) is 10.2 Å². The highest BCUT2D eigenvalue weighted by Gasteiger charge is 2.29. The van der Waals surface area contributed by atoms with E-state index in [0.717, 1.165) is 29.7 Å². The normalized spacial score (nSPS) is 14.9. The average Bonchev–Trinajstić information content (AvgIpc) is 3.21. The van der Waals surface area contributed by atoms with Gasteiger partial charge in [-0.25, -0.2) is 0 Å². The standard InChI is InChI=1S/C27H32N2O7/c1-27(2)9-8-16-10-15(6-7-20(16)36-27)11-19-24(26(32)29-28-19)18(14-23(30)35-5)17-12-21(33-3)25(31)22(13-17)34-4/h6-7,10,12-13,18,31H,8-9,11,14H2,1-5H3,(H2,28,29,32). The highest BCUT2D eigenvalue weighted by atomic mass is 16.5. The molecule has 1 atom stereocenters. The largest absolute Gasteiger partial charge is 0.502 e. The highest BCUT2D eigenvalue weighted by Crippen LogP contribution is 2.41. The molecular weight excluding hydrogens is 464 g/mol. The minimum atomic E-state index is -0.674. The zero-order chi connectivity index (χ0) is 26.0. The van der Waals surface area contributed by atoms with Gasteiger partial charge < -0.3 is 29.2 Å². The zero-order valence-electron chi connectivity index (χ0n) is 21.2. The van der Waals surface area contributed by atoms with Crippen molar-refractivity contribution in [3.63, 3.8) is 0 Å². The van der Waals surface area contributed by atoms with Crippen LogP contribution in [-0.2, 0) is 22.4 Å². The monoisotopic (exact) mass is 496 g/mol. The highest BCUT2D eigenvalue weighted by molar-refractivity contribution is 5.72. The van der Waals surface area contributed by atoms with Gasteiger partial charge in [-0.2, -0.15) is 0 Å². The van der Waals surface area contributed by atoms with Gasteiger partial charge >= 0.3 is 5.97 Å². The van der Waals surface area contributed by atoms with Crippen molar-refractivity contribution in [2.24, 2.45) is 0 Å². The Hall–Kier alpha value is -3.88. The number of aromatic hydroxyl groups is 1. The maximum Gasteiger partial charge on any atom is 0.306 e. The number of H-pyrrole nitrogens is 2. The number of phenols is 1. The maximum absolute atomic E-state index is 13.0. The maximum atomic E-state index is 13.0. The summed E-state index contributed by atoms with van der Waals surface area (Å²) < 4.78 is 21.6. The summed E-state index contributed by atoms with van der Waals surface area (Å²) in [5.41, 5.74) is 3.23. The van der Waals surface area contributed by atoms with E-state index in [1.165, 1.54) is 21.3 Å². The van der Waals surface area contributed by atoms with Gasteiger partial charge in [-0.15, -0.1) is 0 Å². The van der Waals surface area contributed by atoms with Crippen molar-refractivity contribution in [1.29, 1.82) is 0 Å². The molecule has 1 aromatic heterocycles. The van der Waals surface area contributed by atoms with Crippen molar-refractivity contribution in [3.8, 4) is 23.0 Å². The molecule has 0 radical (unpaired) electrons. The van der Waals surface area contributed by atoms with E-state index in [1.807, 2.05) is 12.1 Å². The number of aromatic nitrogens is 2. The molecule has 9 nitrogen and oxygen atoms in total. The number of fused-ring (bicyclic) bond motifs is 1. The van der Waals surface area contributed by atoms with Crippen LogP contribution in [-0.4, -0.2) is 48.2 Å². The number of carbonyl (C=O) groups excluding carboxylic acids is 1. The fourth-order valence-corrected chi connectivity index (χ4v) is 4.69. The Bertz CT molecular complexity index is 1300. The van der Waals surface area contributed by atoms with Crippen molar-refractivity contribution in [3.05, 3.63) is 68.6 Å². The van der Waals surface area contributed by atoms with Crippen molar-refractivity contribution in [2.75, 3.05) is 21.3 Å². The smallest absolute Gasteiger partial charge is 0.306 e. The van der Waals surface area contributed by atoms with E-state index in [2.05, 4.69) is 30.1 Å². The SMILES string of the molecule is COC(=O)CC(c1cc(OC)c(O)c(OC)c1)c1c(Cc2ccc3c(c2)CCC(C)(C)O3)[nH][nH]c1=O. The summed E-state index contributed by atoms with van der Waals surface area (Å²) >= 11 is 0. The van der Waals surface area contributed by atoms with Gasteiger partial charge in [0.25, 0.3) is 5.56 Å². The molecule has 192 valence electrons. The number of rotatable bonds is 8. The fraction of sp³-hybridized carbons (Fsp3) is 0.407. The van der Waals surface area contributed by atoms with Crippen LogP contribution in [0, 0.1) is 0 Å². The number of phenolic OH excluding ortho intramolecular Hbond substituents is 1. The lowest BCUT2D eigenvalue weighted by Crippen LogP contribution is -2.32. The van der Waals surface area contributed by atoms with Crippen molar-refractivity contribution < 1.29 is 28.8 Å². The molecule has 1 aliphatic heterocycles. The van der Waals surface area contributed by atoms with Gasteiger partial charge in [-0.3, -0.25) is 14.7 Å². The molecule has 1 unspecified atom stereocenters. The summed E-state index contributed by atoms with van der Waals surface area (Å²) in [6.45, 7) is 4.16. The summed E-state index contributed by atoms with van der Waals surface area (Å²) in [4.78, 5) is 25.4. The van der Waals surface area contributed by atoms with E-state index in [0.29, 0.717) is 23.2 Å². The molecule has 0 spiro atoms. The third-order valence-corrected chi connectivity index (χ3v) is 6.64. The molecule has 0 bridgehead atoms. The Morgan fingerprint density at radius 2 is 1.81 bits per heavy atom. The minimum Gasteiger partial charge on any atom is -0.502 e. The Morgan fingerprint density at radius 3 is 2.44 bits per heavy atom. The molecule has 0 saturated carbocycles. The molecule has 0 fully saturated rings. The first-order valence-electron chi connectivity index (χ1n) is 11.8. The Balaban J connectivity index is 1.75. The van der Waals surface area contributed by atoms with Crippen LogP contribution in [0.2, 0.25) is 0 Å². The van der Waals surface area contributed by atoms with Crippen molar-refractivity contribution >= 4 is 5.97 Å². The van der Waals surface area contributed by atoms with E-state index < -0.39 is 11.9 Å². The van der Waals surface area contributed by atoms with Crippen LogP contribution < -0.4 is 19.8 Å². The number of esters is 1. The zero-order valence-corrected chi connectivity index (χ0v) is 21.2. The number of methoxy groups -OCH3 is 3. The van der Waals surface area contributed by atoms with Crippen LogP contribution in [0.4, 0.5) is 0 Å². The number of benzene rings is 2. The van der Waals surface area contributed by atoms with Crippen LogP contribution in [0.3, 0.4) is 0 Å². The van der Waals surface area contributed by atoms with Gasteiger partial charge in [0.15, 0.2) is 11.5 Å². The third-order valence-electron chi connectivity index (χ3n) is 6.64. The lowest BCUT2D eigenvalue weighted by atomic mass is 9.86. The summed E-state index contributed by atoms with van der Waals surface area (Å²) in [6, 6.07) is 9.25. The fourth-order valence-electron chi connectivity index (χ4n) is 4.69. The van der Waals surface area contributed by atoms with Gasteiger partial charge in [0.2, 0.25) is 5.75 Å². The molecule has 1 aliphatic rings. The van der Waals surface area contributed by atoms with Crippen LogP contribution in [0.25, 0.3) is 0 Å². The van der Waals surface area contributed by atoms with E-state index >= 15 is 0 Å². The number of carbonyl (C=O) groups is 1. The van der Waals surface area contributed by atoms with E-state index in [9.17, 15) is 14.7 Å². The first-order chi connectivity index (χ1) is 17.2. The summed E-state index contributed by atoms with van der Waals surface area (Å²) in [7, 11) is 4.14. The molecule has 0 amide bonds. The molecule has 0 saturated heterocycles. The number of hydrogen-bond donors (Lipinski definition) is 3. The third kappa shape index (κ3) is 5.05. The Kier molecular flexibility index (Phi) is 7.01. The van der Waals surface area contributed by atoms with Crippen molar-refractivity contribution in [2.45, 2.75) is 51.0 Å². The summed E-state index contributed by atoms with van der Waals surface area (Å²) in [6.07, 6.45) is 2.18. The average molecular weight is 497 g/mol. The molecule has 9 heteroatoms. The lowest BCUT2D eigenvalue weighted by Gasteiger charge is -2.32. The van der Waals surface area contributed by atoms with E-state index in [-0.39, 0.29) is 34.8 Å². The Morgan fingerprint density at radius 1 is 1.11 bits per heavy atom. The summed E-state index contributed by atoms with van der Waals surface area (Å²) in [5.74, 6) is -0.0951. The second kappa shape index (κ2) is 10.0. The summed E-state index contributed by atoms with van der Waals surface area (Å²) in [5, 5.41) is 16.0.